The molecule has 1 fully saturated rings. The van der Waals surface area contributed by atoms with Crippen LogP contribution in [0.4, 0.5) is 0 Å². The van der Waals surface area contributed by atoms with Crippen LogP contribution >= 0.6 is 0 Å². The monoisotopic (exact) mass is 292 g/mol. The quantitative estimate of drug-likeness (QED) is 0.886. The maximum Gasteiger partial charge on any atom is 0.311 e. The number of rotatable bonds is 5. The highest BCUT2D eigenvalue weighted by atomic mass is 16.5. The van der Waals surface area contributed by atoms with Gasteiger partial charge in [-0.05, 0) is 25.0 Å². The van der Waals surface area contributed by atoms with Crippen LogP contribution in [0.2, 0.25) is 0 Å². The number of carbonyl (C=O) groups is 2. The van der Waals surface area contributed by atoms with Crippen LogP contribution in [0.3, 0.4) is 0 Å². The van der Waals surface area contributed by atoms with E-state index in [1.165, 1.54) is 0 Å². The SMILES string of the molecule is CCCN(C(=O)c1ncccc1C)C1COCC1C(=O)O. The van der Waals surface area contributed by atoms with Crippen molar-refractivity contribution >= 4 is 11.9 Å². The zero-order chi connectivity index (χ0) is 15.4. The van der Waals surface area contributed by atoms with Crippen molar-refractivity contribution in [3.8, 4) is 0 Å². The third kappa shape index (κ3) is 3.21. The Morgan fingerprint density at radius 1 is 1.48 bits per heavy atom. The van der Waals surface area contributed by atoms with E-state index in [0.717, 1.165) is 12.0 Å². The number of pyridine rings is 1. The Balaban J connectivity index is 2.28. The molecule has 1 aromatic rings. The predicted octanol–water partition coefficient (Wildman–Crippen LogP) is 1.34. The Morgan fingerprint density at radius 3 is 2.86 bits per heavy atom. The minimum atomic E-state index is -0.927. The fraction of sp³-hybridized carbons (Fsp3) is 0.533. The summed E-state index contributed by atoms with van der Waals surface area (Å²) in [7, 11) is 0. The maximum atomic E-state index is 12.7. The van der Waals surface area contributed by atoms with Crippen LogP contribution in [-0.2, 0) is 9.53 Å². The number of aliphatic carboxylic acids is 1. The second kappa shape index (κ2) is 6.67. The summed E-state index contributed by atoms with van der Waals surface area (Å²) in [4.78, 5) is 29.8. The molecule has 0 spiro atoms. The maximum absolute atomic E-state index is 12.7. The highest BCUT2D eigenvalue weighted by Crippen LogP contribution is 2.22. The van der Waals surface area contributed by atoms with Crippen LogP contribution in [0, 0.1) is 12.8 Å². The summed E-state index contributed by atoms with van der Waals surface area (Å²) in [5, 5.41) is 9.27. The van der Waals surface area contributed by atoms with Crippen molar-refractivity contribution in [2.24, 2.45) is 5.92 Å². The topological polar surface area (TPSA) is 79.7 Å². The van der Waals surface area contributed by atoms with E-state index in [2.05, 4.69) is 4.98 Å². The number of carboxylic acids is 1. The third-order valence-electron chi connectivity index (χ3n) is 3.71. The number of aryl methyl sites for hydroxylation is 1. The molecule has 1 aliphatic heterocycles. The van der Waals surface area contributed by atoms with Crippen LogP contribution in [0.1, 0.15) is 29.4 Å². The zero-order valence-corrected chi connectivity index (χ0v) is 12.3. The molecule has 114 valence electrons. The fourth-order valence-corrected chi connectivity index (χ4v) is 2.59. The summed E-state index contributed by atoms with van der Waals surface area (Å²) in [5.74, 6) is -1.83. The van der Waals surface area contributed by atoms with Gasteiger partial charge < -0.3 is 14.7 Å². The van der Waals surface area contributed by atoms with Gasteiger partial charge in [0.05, 0.1) is 19.3 Å². The molecule has 6 heteroatoms. The molecule has 2 rings (SSSR count). The summed E-state index contributed by atoms with van der Waals surface area (Å²) in [6.45, 7) is 4.68. The minimum absolute atomic E-state index is 0.148. The van der Waals surface area contributed by atoms with Crippen LogP contribution in [0.15, 0.2) is 18.3 Å². The van der Waals surface area contributed by atoms with E-state index in [0.29, 0.717) is 12.2 Å². The zero-order valence-electron chi connectivity index (χ0n) is 12.3. The Hall–Kier alpha value is -1.95. The summed E-state index contributed by atoms with van der Waals surface area (Å²) in [5.41, 5.74) is 1.16. The summed E-state index contributed by atoms with van der Waals surface area (Å²) < 4.78 is 5.28. The van der Waals surface area contributed by atoms with Crippen LogP contribution in [0.25, 0.3) is 0 Å². The number of nitrogens with zero attached hydrogens (tertiary/aromatic N) is 2. The first-order valence-corrected chi connectivity index (χ1v) is 7.09. The van der Waals surface area contributed by atoms with Crippen LogP contribution in [-0.4, -0.2) is 52.7 Å². The first-order valence-electron chi connectivity index (χ1n) is 7.09. The lowest BCUT2D eigenvalue weighted by Gasteiger charge is -2.30. The third-order valence-corrected chi connectivity index (χ3v) is 3.71. The van der Waals surface area contributed by atoms with Crippen molar-refractivity contribution < 1.29 is 19.4 Å². The average molecular weight is 292 g/mol. The van der Waals surface area contributed by atoms with Gasteiger partial charge in [0.15, 0.2) is 0 Å². The van der Waals surface area contributed by atoms with Gasteiger partial charge in [0, 0.05) is 12.7 Å². The van der Waals surface area contributed by atoms with E-state index in [1.54, 1.807) is 17.2 Å². The molecule has 21 heavy (non-hydrogen) atoms. The van der Waals surface area contributed by atoms with Gasteiger partial charge in [0.2, 0.25) is 0 Å². The van der Waals surface area contributed by atoms with Gasteiger partial charge in [-0.3, -0.25) is 14.6 Å². The van der Waals surface area contributed by atoms with Crippen molar-refractivity contribution in [3.63, 3.8) is 0 Å². The smallest absolute Gasteiger partial charge is 0.311 e. The lowest BCUT2D eigenvalue weighted by atomic mass is 10.0. The largest absolute Gasteiger partial charge is 0.481 e. The number of hydrogen-bond donors (Lipinski definition) is 1. The normalized spacial score (nSPS) is 21.2. The van der Waals surface area contributed by atoms with Gasteiger partial charge in [0.1, 0.15) is 11.6 Å². The molecule has 1 aliphatic rings. The van der Waals surface area contributed by atoms with E-state index >= 15 is 0 Å². The average Bonchev–Trinajstić information content (AvgIpc) is 2.94. The molecule has 1 N–H and O–H groups in total. The van der Waals surface area contributed by atoms with E-state index in [1.807, 2.05) is 19.9 Å². The summed E-state index contributed by atoms with van der Waals surface area (Å²) in [6.07, 6.45) is 2.32. The molecular weight excluding hydrogens is 272 g/mol. The summed E-state index contributed by atoms with van der Waals surface area (Å²) >= 11 is 0. The molecule has 1 saturated heterocycles. The lowest BCUT2D eigenvalue weighted by Crippen LogP contribution is -2.47. The molecule has 2 unspecified atom stereocenters. The second-order valence-corrected chi connectivity index (χ2v) is 5.22. The standard InChI is InChI=1S/C15H20N2O4/c1-3-7-17(12-9-21-8-11(12)15(19)20)14(18)13-10(2)5-4-6-16-13/h4-6,11-12H,3,7-9H2,1-2H3,(H,19,20). The first-order chi connectivity index (χ1) is 10.1. The van der Waals surface area contributed by atoms with Gasteiger partial charge in [-0.25, -0.2) is 0 Å². The Morgan fingerprint density at radius 2 is 2.24 bits per heavy atom. The van der Waals surface area contributed by atoms with E-state index in [9.17, 15) is 14.7 Å². The molecule has 0 radical (unpaired) electrons. The lowest BCUT2D eigenvalue weighted by molar-refractivity contribution is -0.142. The van der Waals surface area contributed by atoms with Gasteiger partial charge in [-0.2, -0.15) is 0 Å². The fourth-order valence-electron chi connectivity index (χ4n) is 2.59. The van der Waals surface area contributed by atoms with Crippen LogP contribution in [0.5, 0.6) is 0 Å². The molecule has 0 saturated carbocycles. The predicted molar refractivity (Wildman–Crippen MR) is 76.0 cm³/mol. The van der Waals surface area contributed by atoms with Gasteiger partial charge in [-0.1, -0.05) is 13.0 Å². The molecule has 2 heterocycles. The molecule has 0 aliphatic carbocycles. The van der Waals surface area contributed by atoms with E-state index in [4.69, 9.17) is 4.74 Å². The Kier molecular flexibility index (Phi) is 4.90. The van der Waals surface area contributed by atoms with E-state index < -0.39 is 17.9 Å². The molecular formula is C15H20N2O4. The van der Waals surface area contributed by atoms with Gasteiger partial charge in [0.25, 0.3) is 5.91 Å². The van der Waals surface area contributed by atoms with Gasteiger partial charge in [-0.15, -0.1) is 0 Å². The second-order valence-electron chi connectivity index (χ2n) is 5.22. The number of amides is 1. The number of aromatic nitrogens is 1. The highest BCUT2D eigenvalue weighted by Gasteiger charge is 2.40. The van der Waals surface area contributed by atoms with Crippen molar-refractivity contribution in [2.45, 2.75) is 26.3 Å². The molecule has 1 amide bonds. The minimum Gasteiger partial charge on any atom is -0.481 e. The molecule has 1 aromatic heterocycles. The van der Waals surface area contributed by atoms with Crippen LogP contribution < -0.4 is 0 Å². The number of carboxylic acid groups (broad SMARTS) is 1. The van der Waals surface area contributed by atoms with Crippen molar-refractivity contribution in [3.05, 3.63) is 29.6 Å². The Labute approximate surface area is 123 Å². The first kappa shape index (κ1) is 15.4. The Bertz CT molecular complexity index is 532. The van der Waals surface area contributed by atoms with Gasteiger partial charge >= 0.3 is 5.97 Å². The van der Waals surface area contributed by atoms with E-state index in [-0.39, 0.29) is 19.1 Å². The molecule has 0 bridgehead atoms. The number of ether oxygens (including phenoxy) is 1. The summed E-state index contributed by atoms with van der Waals surface area (Å²) in [6, 6.07) is 3.16. The highest BCUT2D eigenvalue weighted by molar-refractivity contribution is 5.94. The molecule has 6 nitrogen and oxygen atoms in total. The number of carbonyl (C=O) groups excluding carboxylic acids is 1. The molecule has 0 aromatic carbocycles. The van der Waals surface area contributed by atoms with Crippen molar-refractivity contribution in [1.82, 2.24) is 9.88 Å². The molecule has 2 atom stereocenters. The van der Waals surface area contributed by atoms with Crippen molar-refractivity contribution in [2.75, 3.05) is 19.8 Å². The number of hydrogen-bond acceptors (Lipinski definition) is 4. The van der Waals surface area contributed by atoms with Crippen molar-refractivity contribution in [1.29, 1.82) is 0 Å².